The number of ketones is 1. The molecule has 0 saturated heterocycles. The average molecular weight is 287 g/mol. The van der Waals surface area contributed by atoms with Gasteiger partial charge in [-0.2, -0.15) is 13.2 Å². The van der Waals surface area contributed by atoms with E-state index in [9.17, 15) is 18.0 Å². The maximum absolute atomic E-state index is 12.7. The van der Waals surface area contributed by atoms with Crippen LogP contribution in [0.15, 0.2) is 12.1 Å². The summed E-state index contributed by atoms with van der Waals surface area (Å²) >= 11 is 10.8. The van der Waals surface area contributed by atoms with Gasteiger partial charge in [-0.3, -0.25) is 4.79 Å². The maximum atomic E-state index is 12.7. The van der Waals surface area contributed by atoms with Crippen molar-refractivity contribution in [2.24, 2.45) is 0 Å². The van der Waals surface area contributed by atoms with Gasteiger partial charge < -0.3 is 4.74 Å². The molecule has 0 saturated carbocycles. The van der Waals surface area contributed by atoms with Crippen molar-refractivity contribution >= 4 is 29.0 Å². The van der Waals surface area contributed by atoms with Gasteiger partial charge in [0, 0.05) is 5.02 Å². The zero-order chi connectivity index (χ0) is 13.2. The number of benzene rings is 1. The van der Waals surface area contributed by atoms with E-state index in [-0.39, 0.29) is 10.6 Å². The van der Waals surface area contributed by atoms with Crippen LogP contribution in [0.25, 0.3) is 0 Å². The van der Waals surface area contributed by atoms with Crippen molar-refractivity contribution in [2.75, 3.05) is 13.0 Å². The molecule has 17 heavy (non-hydrogen) atoms. The highest BCUT2D eigenvalue weighted by atomic mass is 35.5. The predicted octanol–water partition coefficient (Wildman–Crippen LogP) is 3.79. The van der Waals surface area contributed by atoms with Gasteiger partial charge in [0.2, 0.25) is 0 Å². The molecular weight excluding hydrogens is 280 g/mol. The lowest BCUT2D eigenvalue weighted by Crippen LogP contribution is -2.12. The Bertz CT molecular complexity index is 444. The molecule has 0 atom stereocenters. The van der Waals surface area contributed by atoms with Crippen LogP contribution in [0.3, 0.4) is 0 Å². The molecule has 0 fully saturated rings. The Labute approximate surface area is 105 Å². The lowest BCUT2D eigenvalue weighted by atomic mass is 10.1. The fourth-order valence-electron chi connectivity index (χ4n) is 1.30. The third-order valence-corrected chi connectivity index (χ3v) is 2.45. The molecule has 0 aliphatic carbocycles. The summed E-state index contributed by atoms with van der Waals surface area (Å²) in [5.41, 5.74) is -1.37. The summed E-state index contributed by atoms with van der Waals surface area (Å²) in [6.45, 7) is 0. The first-order valence-corrected chi connectivity index (χ1v) is 5.26. The van der Waals surface area contributed by atoms with E-state index in [1.54, 1.807) is 0 Å². The molecule has 0 unspecified atom stereocenters. The molecule has 1 aromatic carbocycles. The largest absolute Gasteiger partial charge is 0.495 e. The van der Waals surface area contributed by atoms with Gasteiger partial charge in [-0.15, -0.1) is 11.6 Å². The fraction of sp³-hybridized carbons (Fsp3) is 0.300. The molecule has 0 amide bonds. The number of carbonyl (C=O) groups is 1. The second-order valence-electron chi connectivity index (χ2n) is 3.09. The first-order chi connectivity index (χ1) is 7.81. The Hall–Kier alpha value is -0.940. The van der Waals surface area contributed by atoms with Crippen molar-refractivity contribution in [1.82, 2.24) is 0 Å². The van der Waals surface area contributed by atoms with Gasteiger partial charge in [0.05, 0.1) is 24.1 Å². The number of carbonyl (C=O) groups excluding carboxylic acids is 1. The standard InChI is InChI=1S/C10H7Cl2F3O2/c1-17-9-6(8(16)4-11)2-5(12)3-7(9)10(13,14)15/h2-3H,4H2,1H3. The zero-order valence-corrected chi connectivity index (χ0v) is 10.1. The van der Waals surface area contributed by atoms with Crippen molar-refractivity contribution in [3.63, 3.8) is 0 Å². The van der Waals surface area contributed by atoms with E-state index >= 15 is 0 Å². The molecule has 0 aliphatic rings. The highest BCUT2D eigenvalue weighted by Crippen LogP contribution is 2.40. The van der Waals surface area contributed by atoms with Gasteiger partial charge in [-0.25, -0.2) is 0 Å². The van der Waals surface area contributed by atoms with E-state index in [4.69, 9.17) is 23.2 Å². The molecule has 2 nitrogen and oxygen atoms in total. The molecule has 0 radical (unpaired) electrons. The van der Waals surface area contributed by atoms with E-state index in [0.29, 0.717) is 6.07 Å². The highest BCUT2D eigenvalue weighted by Gasteiger charge is 2.36. The number of hydrogen-bond acceptors (Lipinski definition) is 2. The Balaban J connectivity index is 3.52. The minimum Gasteiger partial charge on any atom is -0.495 e. The first kappa shape index (κ1) is 14.1. The second-order valence-corrected chi connectivity index (χ2v) is 3.79. The lowest BCUT2D eigenvalue weighted by molar-refractivity contribution is -0.138. The van der Waals surface area contributed by atoms with E-state index in [1.165, 1.54) is 0 Å². The van der Waals surface area contributed by atoms with E-state index in [0.717, 1.165) is 13.2 Å². The molecule has 0 aromatic heterocycles. The van der Waals surface area contributed by atoms with Crippen LogP contribution in [0.1, 0.15) is 15.9 Å². The maximum Gasteiger partial charge on any atom is 0.420 e. The molecule has 0 N–H and O–H groups in total. The van der Waals surface area contributed by atoms with Crippen LogP contribution >= 0.6 is 23.2 Å². The third-order valence-electron chi connectivity index (χ3n) is 1.99. The summed E-state index contributed by atoms with van der Waals surface area (Å²) in [4.78, 5) is 11.4. The molecule has 1 rings (SSSR count). The van der Waals surface area contributed by atoms with Crippen molar-refractivity contribution in [3.8, 4) is 5.75 Å². The van der Waals surface area contributed by atoms with Crippen molar-refractivity contribution in [3.05, 3.63) is 28.3 Å². The molecule has 0 aliphatic heterocycles. The summed E-state index contributed by atoms with van der Waals surface area (Å²) in [7, 11) is 1.05. The molecule has 1 aromatic rings. The van der Waals surface area contributed by atoms with Crippen LogP contribution < -0.4 is 4.74 Å². The van der Waals surface area contributed by atoms with Crippen LogP contribution in [-0.2, 0) is 6.18 Å². The molecular formula is C10H7Cl2F3O2. The zero-order valence-electron chi connectivity index (χ0n) is 8.57. The number of hydrogen-bond donors (Lipinski definition) is 0. The van der Waals surface area contributed by atoms with Gasteiger partial charge in [0.1, 0.15) is 5.75 Å². The van der Waals surface area contributed by atoms with Crippen LogP contribution in [0.5, 0.6) is 5.75 Å². The number of Topliss-reactive ketones (excluding diaryl/α,β-unsaturated/α-hetero) is 1. The molecule has 7 heteroatoms. The summed E-state index contributed by atoms with van der Waals surface area (Å²) in [5.74, 6) is -1.70. The van der Waals surface area contributed by atoms with E-state index in [2.05, 4.69) is 4.74 Å². The molecule has 0 heterocycles. The predicted molar refractivity (Wildman–Crippen MR) is 58.1 cm³/mol. The van der Waals surface area contributed by atoms with Gasteiger partial charge >= 0.3 is 6.18 Å². The van der Waals surface area contributed by atoms with Gasteiger partial charge in [-0.1, -0.05) is 11.6 Å². The topological polar surface area (TPSA) is 26.3 Å². The number of alkyl halides is 4. The van der Waals surface area contributed by atoms with Crippen LogP contribution in [-0.4, -0.2) is 18.8 Å². The van der Waals surface area contributed by atoms with Crippen molar-refractivity contribution in [1.29, 1.82) is 0 Å². The average Bonchev–Trinajstić information content (AvgIpc) is 2.25. The van der Waals surface area contributed by atoms with E-state index < -0.39 is 29.2 Å². The summed E-state index contributed by atoms with van der Waals surface area (Å²) in [6, 6.07) is 1.80. The number of halogens is 5. The summed E-state index contributed by atoms with van der Waals surface area (Å²) in [6.07, 6.45) is -4.66. The van der Waals surface area contributed by atoms with Crippen LogP contribution in [0.2, 0.25) is 5.02 Å². The Kier molecular flexibility index (Phi) is 4.27. The number of rotatable bonds is 3. The minimum atomic E-state index is -4.66. The smallest absolute Gasteiger partial charge is 0.420 e. The summed E-state index contributed by atoms with van der Waals surface area (Å²) < 4.78 is 42.7. The Morgan fingerprint density at radius 2 is 2.00 bits per heavy atom. The fourth-order valence-corrected chi connectivity index (χ4v) is 1.67. The van der Waals surface area contributed by atoms with Crippen LogP contribution in [0, 0.1) is 0 Å². The third kappa shape index (κ3) is 3.04. The van der Waals surface area contributed by atoms with Gasteiger partial charge in [0.25, 0.3) is 0 Å². The normalized spacial score (nSPS) is 11.4. The quantitative estimate of drug-likeness (QED) is 0.624. The Morgan fingerprint density at radius 3 is 2.41 bits per heavy atom. The molecule has 0 spiro atoms. The molecule has 0 bridgehead atoms. The lowest BCUT2D eigenvalue weighted by Gasteiger charge is -2.15. The SMILES string of the molecule is COc1c(C(=O)CCl)cc(Cl)cc1C(F)(F)F. The molecule has 94 valence electrons. The Morgan fingerprint density at radius 1 is 1.41 bits per heavy atom. The number of methoxy groups -OCH3 is 1. The monoisotopic (exact) mass is 286 g/mol. The van der Waals surface area contributed by atoms with Crippen molar-refractivity contribution < 1.29 is 22.7 Å². The number of ether oxygens (including phenoxy) is 1. The highest BCUT2D eigenvalue weighted by molar-refractivity contribution is 6.33. The van der Waals surface area contributed by atoms with Crippen molar-refractivity contribution in [2.45, 2.75) is 6.18 Å². The van der Waals surface area contributed by atoms with Gasteiger partial charge in [0.15, 0.2) is 5.78 Å². The van der Waals surface area contributed by atoms with E-state index in [1.807, 2.05) is 0 Å². The first-order valence-electron chi connectivity index (χ1n) is 4.35. The second kappa shape index (κ2) is 5.14. The van der Waals surface area contributed by atoms with Crippen LogP contribution in [0.4, 0.5) is 13.2 Å². The minimum absolute atomic E-state index is 0.202. The summed E-state index contributed by atoms with van der Waals surface area (Å²) in [5, 5.41) is -0.202. The van der Waals surface area contributed by atoms with Gasteiger partial charge in [-0.05, 0) is 12.1 Å².